The van der Waals surface area contributed by atoms with Gasteiger partial charge < -0.3 is 4.90 Å². The van der Waals surface area contributed by atoms with Gasteiger partial charge in [0, 0.05) is 39.4 Å². The van der Waals surface area contributed by atoms with Gasteiger partial charge in [0.25, 0.3) is 5.91 Å². The van der Waals surface area contributed by atoms with Crippen LogP contribution in [0.25, 0.3) is 0 Å². The first kappa shape index (κ1) is 15.8. The highest BCUT2D eigenvalue weighted by Gasteiger charge is 2.34. The minimum absolute atomic E-state index is 0.0258. The van der Waals surface area contributed by atoms with E-state index in [0.29, 0.717) is 31.5 Å². The maximum absolute atomic E-state index is 12.3. The standard InChI is InChI=1S/C13H19F3N4O/c1-18-8-10(7-17-18)12(21)19(2)11-3-5-20(6-4-11)9-13(14,15)16/h7-8,11H,3-6,9H2,1-2H3. The lowest BCUT2D eigenvalue weighted by molar-refractivity contribution is -0.148. The van der Waals surface area contributed by atoms with E-state index in [1.807, 2.05) is 0 Å². The third-order valence-corrected chi connectivity index (χ3v) is 3.78. The molecule has 2 heterocycles. The van der Waals surface area contributed by atoms with E-state index in [4.69, 9.17) is 0 Å². The molecule has 2 rings (SSSR count). The number of carbonyl (C=O) groups excluding carboxylic acids is 1. The molecule has 1 aliphatic heterocycles. The maximum atomic E-state index is 12.3. The molecule has 0 radical (unpaired) electrons. The summed E-state index contributed by atoms with van der Waals surface area (Å²) in [5, 5.41) is 3.95. The van der Waals surface area contributed by atoms with E-state index >= 15 is 0 Å². The molecular formula is C13H19F3N4O. The largest absolute Gasteiger partial charge is 0.401 e. The number of halogens is 3. The highest BCUT2D eigenvalue weighted by atomic mass is 19.4. The van der Waals surface area contributed by atoms with E-state index in [-0.39, 0.29) is 11.9 Å². The third-order valence-electron chi connectivity index (χ3n) is 3.78. The Morgan fingerprint density at radius 2 is 2.05 bits per heavy atom. The predicted octanol–water partition coefficient (Wildman–Crippen LogP) is 1.52. The topological polar surface area (TPSA) is 41.4 Å². The second kappa shape index (κ2) is 6.05. The van der Waals surface area contributed by atoms with Crippen molar-refractivity contribution in [1.29, 1.82) is 0 Å². The number of alkyl halides is 3. The minimum atomic E-state index is -4.16. The van der Waals surface area contributed by atoms with E-state index in [2.05, 4.69) is 5.10 Å². The van der Waals surface area contributed by atoms with Gasteiger partial charge in [0.1, 0.15) is 0 Å². The molecule has 1 aromatic rings. The molecule has 5 nitrogen and oxygen atoms in total. The molecule has 0 aliphatic carbocycles. The van der Waals surface area contributed by atoms with Gasteiger partial charge >= 0.3 is 6.18 Å². The molecule has 1 aliphatic rings. The van der Waals surface area contributed by atoms with Crippen molar-refractivity contribution in [2.75, 3.05) is 26.7 Å². The number of nitrogens with zero attached hydrogens (tertiary/aromatic N) is 4. The zero-order valence-electron chi connectivity index (χ0n) is 12.1. The predicted molar refractivity (Wildman–Crippen MR) is 70.8 cm³/mol. The van der Waals surface area contributed by atoms with Crippen LogP contribution in [0.5, 0.6) is 0 Å². The first-order valence-corrected chi connectivity index (χ1v) is 6.81. The van der Waals surface area contributed by atoms with Gasteiger partial charge in [0.05, 0.1) is 18.3 Å². The van der Waals surface area contributed by atoms with Gasteiger partial charge in [-0.05, 0) is 12.8 Å². The molecule has 8 heteroatoms. The summed E-state index contributed by atoms with van der Waals surface area (Å²) in [6.07, 6.45) is 0.0800. The molecule has 0 saturated carbocycles. The molecule has 1 amide bonds. The van der Waals surface area contributed by atoms with Crippen LogP contribution < -0.4 is 0 Å². The Balaban J connectivity index is 1.88. The fourth-order valence-electron chi connectivity index (χ4n) is 2.62. The lowest BCUT2D eigenvalue weighted by atomic mass is 10.0. The Morgan fingerprint density at radius 3 is 2.52 bits per heavy atom. The van der Waals surface area contributed by atoms with Crippen LogP contribution in [-0.2, 0) is 7.05 Å². The molecule has 1 fully saturated rings. The quantitative estimate of drug-likeness (QED) is 0.850. The first-order valence-electron chi connectivity index (χ1n) is 6.81. The van der Waals surface area contributed by atoms with Crippen LogP contribution in [-0.4, -0.2) is 64.4 Å². The van der Waals surface area contributed by atoms with Crippen molar-refractivity contribution in [3.05, 3.63) is 18.0 Å². The molecule has 0 atom stereocenters. The van der Waals surface area contributed by atoms with Gasteiger partial charge in [-0.15, -0.1) is 0 Å². The van der Waals surface area contributed by atoms with Crippen molar-refractivity contribution in [2.45, 2.75) is 25.1 Å². The minimum Gasteiger partial charge on any atom is -0.339 e. The second-order valence-corrected chi connectivity index (χ2v) is 5.44. The van der Waals surface area contributed by atoms with Crippen LogP contribution in [0, 0.1) is 0 Å². The molecule has 1 saturated heterocycles. The maximum Gasteiger partial charge on any atom is 0.401 e. The van der Waals surface area contributed by atoms with Crippen molar-refractivity contribution in [2.24, 2.45) is 7.05 Å². The second-order valence-electron chi connectivity index (χ2n) is 5.44. The molecule has 21 heavy (non-hydrogen) atoms. The van der Waals surface area contributed by atoms with Crippen molar-refractivity contribution >= 4 is 5.91 Å². The van der Waals surface area contributed by atoms with Crippen LogP contribution in [0.2, 0.25) is 0 Å². The molecule has 0 spiro atoms. The number of amides is 1. The number of carbonyl (C=O) groups is 1. The van der Waals surface area contributed by atoms with Gasteiger partial charge in [0.15, 0.2) is 0 Å². The highest BCUT2D eigenvalue weighted by Crippen LogP contribution is 2.22. The Bertz CT molecular complexity index is 492. The summed E-state index contributed by atoms with van der Waals surface area (Å²) in [4.78, 5) is 15.2. The summed E-state index contributed by atoms with van der Waals surface area (Å²) in [5.74, 6) is -0.141. The Morgan fingerprint density at radius 1 is 1.43 bits per heavy atom. The highest BCUT2D eigenvalue weighted by molar-refractivity contribution is 5.93. The summed E-state index contributed by atoms with van der Waals surface area (Å²) in [7, 11) is 3.42. The Kier molecular flexibility index (Phi) is 4.55. The molecule has 0 unspecified atom stereocenters. The number of aromatic nitrogens is 2. The summed E-state index contributed by atoms with van der Waals surface area (Å²) in [6.45, 7) is -0.163. The normalized spacial score (nSPS) is 18.0. The Hall–Kier alpha value is -1.57. The summed E-state index contributed by atoms with van der Waals surface area (Å²) in [5.41, 5.74) is 0.498. The number of hydrogen-bond donors (Lipinski definition) is 0. The zero-order chi connectivity index (χ0) is 15.6. The first-order chi connectivity index (χ1) is 9.76. The third kappa shape index (κ3) is 4.20. The van der Waals surface area contributed by atoms with Gasteiger partial charge in [-0.1, -0.05) is 0 Å². The monoisotopic (exact) mass is 304 g/mol. The number of likely N-dealkylation sites (tertiary alicyclic amines) is 1. The fourth-order valence-corrected chi connectivity index (χ4v) is 2.62. The molecule has 118 valence electrons. The number of aryl methyl sites for hydroxylation is 1. The van der Waals surface area contributed by atoms with Crippen molar-refractivity contribution in [1.82, 2.24) is 19.6 Å². The SMILES string of the molecule is CN(C(=O)c1cnn(C)c1)C1CCN(CC(F)(F)F)CC1. The molecule has 0 N–H and O–H groups in total. The zero-order valence-corrected chi connectivity index (χ0v) is 12.1. The van der Waals surface area contributed by atoms with E-state index in [9.17, 15) is 18.0 Å². The van der Waals surface area contributed by atoms with Crippen molar-refractivity contribution in [3.63, 3.8) is 0 Å². The van der Waals surface area contributed by atoms with E-state index in [1.54, 1.807) is 29.9 Å². The van der Waals surface area contributed by atoms with Crippen LogP contribution >= 0.6 is 0 Å². The van der Waals surface area contributed by atoms with Crippen molar-refractivity contribution < 1.29 is 18.0 Å². The Labute approximate surface area is 121 Å². The average molecular weight is 304 g/mol. The molecule has 1 aromatic heterocycles. The summed E-state index contributed by atoms with van der Waals surface area (Å²) >= 11 is 0. The van der Waals surface area contributed by atoms with Crippen LogP contribution in [0.4, 0.5) is 13.2 Å². The summed E-state index contributed by atoms with van der Waals surface area (Å²) in [6, 6.07) is -0.0258. The van der Waals surface area contributed by atoms with Gasteiger partial charge in [0.2, 0.25) is 0 Å². The number of piperidine rings is 1. The lowest BCUT2D eigenvalue weighted by Crippen LogP contribution is -2.47. The van der Waals surface area contributed by atoms with E-state index in [1.165, 1.54) is 11.1 Å². The lowest BCUT2D eigenvalue weighted by Gasteiger charge is -2.36. The molecular weight excluding hydrogens is 285 g/mol. The summed E-state index contributed by atoms with van der Waals surface area (Å²) < 4.78 is 38.5. The van der Waals surface area contributed by atoms with Crippen LogP contribution in [0.1, 0.15) is 23.2 Å². The van der Waals surface area contributed by atoms with Gasteiger partial charge in [-0.3, -0.25) is 14.4 Å². The van der Waals surface area contributed by atoms with Crippen molar-refractivity contribution in [3.8, 4) is 0 Å². The fraction of sp³-hybridized carbons (Fsp3) is 0.692. The number of hydrogen-bond acceptors (Lipinski definition) is 3. The smallest absolute Gasteiger partial charge is 0.339 e. The van der Waals surface area contributed by atoms with Crippen LogP contribution in [0.15, 0.2) is 12.4 Å². The molecule has 0 bridgehead atoms. The average Bonchev–Trinajstić information content (AvgIpc) is 2.83. The number of rotatable bonds is 3. The van der Waals surface area contributed by atoms with E-state index in [0.717, 1.165) is 0 Å². The molecule has 0 aromatic carbocycles. The van der Waals surface area contributed by atoms with Crippen LogP contribution in [0.3, 0.4) is 0 Å². The van der Waals surface area contributed by atoms with Gasteiger partial charge in [-0.25, -0.2) is 0 Å². The van der Waals surface area contributed by atoms with E-state index < -0.39 is 12.7 Å². The van der Waals surface area contributed by atoms with Gasteiger partial charge in [-0.2, -0.15) is 18.3 Å².